The molecule has 0 radical (unpaired) electrons. The molecule has 0 saturated carbocycles. The molecule has 154 valence electrons. The first-order valence-electron chi connectivity index (χ1n) is 8.77. The molecule has 1 aromatic rings. The van der Waals surface area contributed by atoms with E-state index in [0.717, 1.165) is 0 Å². The van der Waals surface area contributed by atoms with Crippen LogP contribution in [-0.4, -0.2) is 64.0 Å². The van der Waals surface area contributed by atoms with Gasteiger partial charge >= 0.3 is 12.1 Å². The maximum Gasteiger partial charge on any atom is 0.319 e. The lowest BCUT2D eigenvalue weighted by molar-refractivity contribution is 0.248. The van der Waals surface area contributed by atoms with Gasteiger partial charge in [0.05, 0.1) is 34.4 Å². The molecule has 0 aromatic heterocycles. The Morgan fingerprint density at radius 2 is 1.14 bits per heavy atom. The fourth-order valence-corrected chi connectivity index (χ4v) is 6.55. The summed E-state index contributed by atoms with van der Waals surface area (Å²) in [6.07, 6.45) is 0.727. The van der Waals surface area contributed by atoms with Gasteiger partial charge in [-0.25, -0.2) is 26.4 Å². The molecule has 10 nitrogen and oxygen atoms in total. The van der Waals surface area contributed by atoms with Gasteiger partial charge in [0.25, 0.3) is 0 Å². The smallest absolute Gasteiger partial charge is 0.319 e. The van der Waals surface area contributed by atoms with Gasteiger partial charge in [0.15, 0.2) is 19.7 Å². The maximum absolute atomic E-state index is 12.2. The molecule has 2 atom stereocenters. The third-order valence-electron chi connectivity index (χ3n) is 4.56. The average Bonchev–Trinajstić information content (AvgIpc) is 3.10. The zero-order valence-electron chi connectivity index (χ0n) is 15.0. The molecule has 2 aliphatic rings. The van der Waals surface area contributed by atoms with Crippen molar-refractivity contribution in [3.8, 4) is 0 Å². The summed E-state index contributed by atoms with van der Waals surface area (Å²) in [4.78, 5) is 24.3. The number of carbonyl (C=O) groups is 2. The van der Waals surface area contributed by atoms with Crippen molar-refractivity contribution in [2.45, 2.75) is 24.9 Å². The number of carbonyl (C=O) groups excluding carboxylic acids is 2. The molecule has 4 amide bonds. The van der Waals surface area contributed by atoms with Gasteiger partial charge in [0, 0.05) is 12.1 Å². The van der Waals surface area contributed by atoms with Gasteiger partial charge in [-0.15, -0.1) is 0 Å². The lowest BCUT2D eigenvalue weighted by atomic mass is 10.2. The third kappa shape index (κ3) is 5.58. The highest BCUT2D eigenvalue weighted by molar-refractivity contribution is 7.91. The lowest BCUT2D eigenvalue weighted by Crippen LogP contribution is -2.40. The van der Waals surface area contributed by atoms with Crippen molar-refractivity contribution in [1.82, 2.24) is 10.6 Å². The van der Waals surface area contributed by atoms with E-state index in [1.54, 1.807) is 24.3 Å². The number of hydrogen-bond donors (Lipinski definition) is 4. The van der Waals surface area contributed by atoms with E-state index < -0.39 is 43.8 Å². The molecular weight excluding hydrogens is 408 g/mol. The molecular formula is C16H22N4O6S2. The minimum Gasteiger partial charge on any atom is -0.334 e. The Bertz CT molecular complexity index is 898. The zero-order valence-corrected chi connectivity index (χ0v) is 16.6. The van der Waals surface area contributed by atoms with Crippen molar-refractivity contribution in [1.29, 1.82) is 0 Å². The number of hydrogen-bond acceptors (Lipinski definition) is 6. The van der Waals surface area contributed by atoms with Crippen LogP contribution in [0.25, 0.3) is 0 Å². The fourth-order valence-electron chi connectivity index (χ4n) is 3.21. The third-order valence-corrected chi connectivity index (χ3v) is 8.09. The SMILES string of the molecule is O=C(Nc1ccccc1NC(=O)N[C@H]1CCS(=O)(=O)C1)N[C@@H]1CCS(=O)(=O)C1. The van der Waals surface area contributed by atoms with Crippen molar-refractivity contribution >= 4 is 43.1 Å². The number of anilines is 2. The van der Waals surface area contributed by atoms with E-state index in [1.165, 1.54) is 0 Å². The van der Waals surface area contributed by atoms with Crippen LogP contribution in [0.2, 0.25) is 0 Å². The summed E-state index contributed by atoms with van der Waals surface area (Å²) in [5.41, 5.74) is 0.657. The highest BCUT2D eigenvalue weighted by Gasteiger charge is 2.30. The standard InChI is InChI=1S/C16H22N4O6S2/c21-15(17-11-5-7-27(23,24)9-11)19-13-3-1-2-4-14(13)20-16(22)18-12-6-8-28(25,26)10-12/h1-4,11-12H,5-10H2,(H2,17,19,21)(H2,18,20,22)/t11-,12+. The molecule has 2 fully saturated rings. The van der Waals surface area contributed by atoms with Crippen LogP contribution in [0.3, 0.4) is 0 Å². The Morgan fingerprint density at radius 3 is 1.46 bits per heavy atom. The van der Waals surface area contributed by atoms with Crippen LogP contribution in [-0.2, 0) is 19.7 Å². The van der Waals surface area contributed by atoms with E-state index in [4.69, 9.17) is 0 Å². The van der Waals surface area contributed by atoms with Crippen molar-refractivity contribution in [2.75, 3.05) is 33.6 Å². The summed E-state index contributed by atoms with van der Waals surface area (Å²) in [5.74, 6) is -0.0830. The Labute approximate surface area is 163 Å². The van der Waals surface area contributed by atoms with E-state index in [2.05, 4.69) is 21.3 Å². The molecule has 1 aromatic carbocycles. The summed E-state index contributed by atoms with van der Waals surface area (Å²) >= 11 is 0. The molecule has 0 spiro atoms. The van der Waals surface area contributed by atoms with Gasteiger partial charge in [-0.2, -0.15) is 0 Å². The van der Waals surface area contributed by atoms with E-state index >= 15 is 0 Å². The number of nitrogens with one attached hydrogen (secondary N) is 4. The molecule has 0 bridgehead atoms. The second-order valence-corrected chi connectivity index (χ2v) is 11.4. The molecule has 2 heterocycles. The Balaban J connectivity index is 1.56. The summed E-state index contributed by atoms with van der Waals surface area (Å²) in [7, 11) is -6.22. The number of benzene rings is 1. The van der Waals surface area contributed by atoms with Crippen LogP contribution < -0.4 is 21.3 Å². The van der Waals surface area contributed by atoms with E-state index in [-0.39, 0.29) is 23.0 Å². The molecule has 12 heteroatoms. The van der Waals surface area contributed by atoms with Gasteiger partial charge < -0.3 is 21.3 Å². The Morgan fingerprint density at radius 1 is 0.750 bits per heavy atom. The van der Waals surface area contributed by atoms with Gasteiger partial charge in [-0.1, -0.05) is 12.1 Å². The van der Waals surface area contributed by atoms with Crippen LogP contribution in [0.4, 0.5) is 21.0 Å². The number of para-hydroxylation sites is 2. The maximum atomic E-state index is 12.2. The summed E-state index contributed by atoms with van der Waals surface area (Å²) < 4.78 is 45.9. The molecule has 0 unspecified atom stereocenters. The minimum absolute atomic E-state index is 0.0488. The molecule has 2 aliphatic heterocycles. The minimum atomic E-state index is -3.11. The molecule has 4 N–H and O–H groups in total. The lowest BCUT2D eigenvalue weighted by Gasteiger charge is -2.16. The topological polar surface area (TPSA) is 151 Å². The highest BCUT2D eigenvalue weighted by Crippen LogP contribution is 2.21. The van der Waals surface area contributed by atoms with Crippen LogP contribution in [0.5, 0.6) is 0 Å². The second kappa shape index (κ2) is 7.95. The first kappa shape index (κ1) is 20.4. The Kier molecular flexibility index (Phi) is 5.79. The fraction of sp³-hybridized carbons (Fsp3) is 0.500. The van der Waals surface area contributed by atoms with Crippen molar-refractivity contribution < 1.29 is 26.4 Å². The van der Waals surface area contributed by atoms with Crippen LogP contribution >= 0.6 is 0 Å². The van der Waals surface area contributed by atoms with Crippen molar-refractivity contribution in [3.05, 3.63) is 24.3 Å². The van der Waals surface area contributed by atoms with E-state index in [0.29, 0.717) is 24.2 Å². The monoisotopic (exact) mass is 430 g/mol. The summed E-state index contributed by atoms with van der Waals surface area (Å²) in [5, 5.41) is 10.4. The van der Waals surface area contributed by atoms with Crippen molar-refractivity contribution in [2.24, 2.45) is 0 Å². The second-order valence-electron chi connectivity index (χ2n) is 6.94. The zero-order chi connectivity index (χ0) is 20.4. The number of amides is 4. The van der Waals surface area contributed by atoms with Gasteiger partial charge in [-0.3, -0.25) is 0 Å². The summed E-state index contributed by atoms with van der Waals surface area (Å²) in [6, 6.07) is 4.47. The van der Waals surface area contributed by atoms with Crippen LogP contribution in [0.1, 0.15) is 12.8 Å². The first-order valence-corrected chi connectivity index (χ1v) is 12.4. The predicted octanol–water partition coefficient (Wildman–Crippen LogP) is 0.304. The van der Waals surface area contributed by atoms with Crippen LogP contribution in [0.15, 0.2) is 24.3 Å². The molecule has 0 aliphatic carbocycles. The quantitative estimate of drug-likeness (QED) is 0.540. The van der Waals surface area contributed by atoms with E-state index in [9.17, 15) is 26.4 Å². The molecule has 2 saturated heterocycles. The first-order chi connectivity index (χ1) is 13.1. The number of sulfone groups is 2. The number of rotatable bonds is 4. The largest absolute Gasteiger partial charge is 0.334 e. The molecule has 3 rings (SSSR count). The van der Waals surface area contributed by atoms with E-state index in [1.807, 2.05) is 0 Å². The van der Waals surface area contributed by atoms with Gasteiger partial charge in [0.2, 0.25) is 0 Å². The van der Waals surface area contributed by atoms with Crippen molar-refractivity contribution in [3.63, 3.8) is 0 Å². The molecule has 28 heavy (non-hydrogen) atoms. The van der Waals surface area contributed by atoms with Gasteiger partial charge in [0.1, 0.15) is 0 Å². The van der Waals surface area contributed by atoms with Gasteiger partial charge in [-0.05, 0) is 25.0 Å². The normalized spacial score (nSPS) is 25.0. The average molecular weight is 431 g/mol. The predicted molar refractivity (Wildman–Crippen MR) is 105 cm³/mol. The highest BCUT2D eigenvalue weighted by atomic mass is 32.2. The summed E-state index contributed by atoms with van der Waals surface area (Å²) in [6.45, 7) is 0. The number of urea groups is 2. The van der Waals surface area contributed by atoms with Crippen LogP contribution in [0, 0.1) is 0 Å². The Hall–Kier alpha value is -2.34.